The monoisotopic (exact) mass is 509 g/mol. The molecular weight excluding hydrogens is 470 g/mol. The van der Waals surface area contributed by atoms with Gasteiger partial charge in [0, 0.05) is 25.2 Å². The van der Waals surface area contributed by atoms with Crippen molar-refractivity contribution in [2.24, 2.45) is 0 Å². The van der Waals surface area contributed by atoms with E-state index in [0.717, 1.165) is 24.9 Å². The highest BCUT2D eigenvalue weighted by molar-refractivity contribution is 5.90. The fourth-order valence-corrected chi connectivity index (χ4v) is 4.71. The van der Waals surface area contributed by atoms with Crippen LogP contribution in [0, 0.1) is 0 Å². The van der Waals surface area contributed by atoms with Crippen molar-refractivity contribution in [3.63, 3.8) is 0 Å². The summed E-state index contributed by atoms with van der Waals surface area (Å²) in [5.74, 6) is 0.373. The number of nitrogens with zero attached hydrogens (tertiary/aromatic N) is 5. The van der Waals surface area contributed by atoms with Gasteiger partial charge in [-0.15, -0.1) is 0 Å². The topological polar surface area (TPSA) is 131 Å². The molecular formula is C27H39N7O3. The summed E-state index contributed by atoms with van der Waals surface area (Å²) in [6.45, 7) is 10.1. The maximum absolute atomic E-state index is 12.4. The van der Waals surface area contributed by atoms with Crippen LogP contribution in [0.4, 0.5) is 11.5 Å². The van der Waals surface area contributed by atoms with Crippen molar-refractivity contribution >= 4 is 28.6 Å². The number of nitrogens with two attached hydrogens (primary N) is 1. The van der Waals surface area contributed by atoms with Crippen LogP contribution in [0.1, 0.15) is 65.0 Å². The Morgan fingerprint density at radius 3 is 2.70 bits per heavy atom. The Labute approximate surface area is 218 Å². The van der Waals surface area contributed by atoms with E-state index in [1.54, 1.807) is 13.3 Å². The lowest BCUT2D eigenvalue weighted by molar-refractivity contribution is -0.116. The summed E-state index contributed by atoms with van der Waals surface area (Å²) < 4.78 is 8.04. The molecule has 1 aliphatic heterocycles. The highest BCUT2D eigenvalue weighted by Gasteiger charge is 2.30. The lowest BCUT2D eigenvalue weighted by Crippen LogP contribution is -2.39. The molecule has 1 aromatic carbocycles. The van der Waals surface area contributed by atoms with Crippen molar-refractivity contribution in [1.82, 2.24) is 24.4 Å². The molecule has 10 heteroatoms. The highest BCUT2D eigenvalue weighted by atomic mass is 16.5. The van der Waals surface area contributed by atoms with Gasteiger partial charge in [-0.1, -0.05) is 32.9 Å². The van der Waals surface area contributed by atoms with Crippen molar-refractivity contribution < 1.29 is 14.6 Å². The summed E-state index contributed by atoms with van der Waals surface area (Å²) in [7, 11) is 0. The quantitative estimate of drug-likeness (QED) is 0.280. The Morgan fingerprint density at radius 2 is 2.00 bits per heavy atom. The number of nitrogen functional groups attached to an aromatic ring is 1. The normalized spacial score (nSPS) is 19.0. The Bertz CT molecular complexity index is 1190. The van der Waals surface area contributed by atoms with E-state index in [2.05, 4.69) is 53.2 Å². The average Bonchev–Trinajstić information content (AvgIpc) is 3.48. The zero-order valence-electron chi connectivity index (χ0n) is 22.2. The number of fused-ring (bicyclic) bond motifs is 1. The number of hydrogen-bond acceptors (Lipinski definition) is 8. The summed E-state index contributed by atoms with van der Waals surface area (Å²) in [5.41, 5.74) is 9.35. The van der Waals surface area contributed by atoms with Gasteiger partial charge in [0.2, 0.25) is 5.91 Å². The van der Waals surface area contributed by atoms with Crippen molar-refractivity contribution in [2.45, 2.75) is 77.2 Å². The van der Waals surface area contributed by atoms with Gasteiger partial charge in [0.15, 0.2) is 11.5 Å². The number of rotatable bonds is 10. The molecule has 1 fully saturated rings. The number of unbranched alkanes of at least 4 members (excludes halogenated alkanes) is 1. The Kier molecular flexibility index (Phi) is 8.41. The average molecular weight is 510 g/mol. The number of carbonyl (C=O) groups excluding carboxylic acids is 1. The second-order valence-corrected chi connectivity index (χ2v) is 10.9. The molecule has 2 aromatic heterocycles. The molecule has 1 saturated heterocycles. The molecule has 0 spiro atoms. The van der Waals surface area contributed by atoms with Crippen LogP contribution in [0.3, 0.4) is 0 Å². The summed E-state index contributed by atoms with van der Waals surface area (Å²) in [4.78, 5) is 27.1. The SMILES string of the molecule is CC(O)N(CCCCC(=O)Nc1ccc(C(C)(C)C)cc1)CC1CC(n2cnc3c(N)ncnc32)CO1. The van der Waals surface area contributed by atoms with Crippen LogP contribution in [0.25, 0.3) is 11.2 Å². The summed E-state index contributed by atoms with van der Waals surface area (Å²) in [6, 6.07) is 8.13. The smallest absolute Gasteiger partial charge is 0.224 e. The van der Waals surface area contributed by atoms with E-state index in [0.29, 0.717) is 43.1 Å². The minimum absolute atomic E-state index is 0.00563. The van der Waals surface area contributed by atoms with Gasteiger partial charge >= 0.3 is 0 Å². The third kappa shape index (κ3) is 6.82. The molecule has 0 radical (unpaired) electrons. The first-order chi connectivity index (χ1) is 17.6. The minimum Gasteiger partial charge on any atom is -0.382 e. The molecule has 3 unspecified atom stereocenters. The van der Waals surface area contributed by atoms with Crippen LogP contribution in [0.5, 0.6) is 0 Å². The lowest BCUT2D eigenvalue weighted by atomic mass is 9.87. The number of carbonyl (C=O) groups is 1. The molecule has 37 heavy (non-hydrogen) atoms. The third-order valence-corrected chi connectivity index (χ3v) is 6.94. The van der Waals surface area contributed by atoms with Crippen molar-refractivity contribution in [1.29, 1.82) is 0 Å². The maximum atomic E-state index is 12.4. The van der Waals surface area contributed by atoms with Gasteiger partial charge < -0.3 is 25.5 Å². The number of imidazole rings is 1. The van der Waals surface area contributed by atoms with Crippen molar-refractivity contribution in [2.75, 3.05) is 30.7 Å². The molecule has 0 saturated carbocycles. The molecule has 3 aromatic rings. The zero-order valence-corrected chi connectivity index (χ0v) is 22.2. The van der Waals surface area contributed by atoms with Gasteiger partial charge in [-0.2, -0.15) is 0 Å². The minimum atomic E-state index is -0.598. The molecule has 0 aliphatic carbocycles. The number of aliphatic hydroxyl groups is 1. The van der Waals surface area contributed by atoms with Crippen molar-refractivity contribution in [3.05, 3.63) is 42.5 Å². The largest absolute Gasteiger partial charge is 0.382 e. The first kappa shape index (κ1) is 27.0. The molecule has 10 nitrogen and oxygen atoms in total. The van der Waals surface area contributed by atoms with E-state index in [-0.39, 0.29) is 23.5 Å². The van der Waals surface area contributed by atoms with E-state index in [4.69, 9.17) is 10.5 Å². The van der Waals surface area contributed by atoms with Gasteiger partial charge in [-0.25, -0.2) is 15.0 Å². The van der Waals surface area contributed by atoms with Gasteiger partial charge in [0.05, 0.1) is 25.1 Å². The fraction of sp³-hybridized carbons (Fsp3) is 0.556. The van der Waals surface area contributed by atoms with Gasteiger partial charge in [-0.05, 0) is 49.3 Å². The number of nitrogens with one attached hydrogen (secondary N) is 1. The number of anilines is 2. The van der Waals surface area contributed by atoms with E-state index >= 15 is 0 Å². The van der Waals surface area contributed by atoms with Crippen LogP contribution in [0.2, 0.25) is 0 Å². The van der Waals surface area contributed by atoms with E-state index in [9.17, 15) is 9.90 Å². The van der Waals surface area contributed by atoms with Crippen molar-refractivity contribution in [3.8, 4) is 0 Å². The highest BCUT2D eigenvalue weighted by Crippen LogP contribution is 2.29. The number of benzene rings is 1. The second-order valence-electron chi connectivity index (χ2n) is 10.9. The predicted octanol–water partition coefficient (Wildman–Crippen LogP) is 3.49. The second kappa shape index (κ2) is 11.5. The van der Waals surface area contributed by atoms with E-state index < -0.39 is 6.23 Å². The van der Waals surface area contributed by atoms with Crippen LogP contribution in [-0.2, 0) is 14.9 Å². The van der Waals surface area contributed by atoms with Gasteiger partial charge in [-0.3, -0.25) is 9.69 Å². The maximum Gasteiger partial charge on any atom is 0.224 e. The van der Waals surface area contributed by atoms with E-state index in [1.807, 2.05) is 21.6 Å². The van der Waals surface area contributed by atoms with E-state index in [1.165, 1.54) is 11.9 Å². The number of hydrogen-bond donors (Lipinski definition) is 3. The first-order valence-electron chi connectivity index (χ1n) is 13.0. The molecule has 1 amide bonds. The fourth-order valence-electron chi connectivity index (χ4n) is 4.71. The molecule has 0 bridgehead atoms. The molecule has 1 aliphatic rings. The van der Waals surface area contributed by atoms with Crippen LogP contribution < -0.4 is 11.1 Å². The number of aromatic nitrogens is 4. The number of ether oxygens (including phenoxy) is 1. The number of amides is 1. The summed E-state index contributed by atoms with van der Waals surface area (Å²) in [6.07, 6.45) is 5.34. The summed E-state index contributed by atoms with van der Waals surface area (Å²) >= 11 is 0. The molecule has 3 heterocycles. The van der Waals surface area contributed by atoms with Gasteiger partial charge in [0.25, 0.3) is 0 Å². The third-order valence-electron chi connectivity index (χ3n) is 6.94. The first-order valence-corrected chi connectivity index (χ1v) is 13.0. The number of aliphatic hydroxyl groups excluding tert-OH is 1. The lowest BCUT2D eigenvalue weighted by Gasteiger charge is -2.27. The Balaban J connectivity index is 1.21. The standard InChI is InChI=1S/C27H39N7O3/c1-18(35)33(12-6-5-7-23(36)32-20-10-8-19(9-11-20)27(2,3)4)14-22-13-21(15-37-22)34-17-31-24-25(28)29-16-30-26(24)34/h8-11,16-18,21-22,35H,5-7,12-15H2,1-4H3,(H,32,36)(H2,28,29,30). The van der Waals surface area contributed by atoms with Crippen LogP contribution in [-0.4, -0.2) is 67.5 Å². The zero-order chi connectivity index (χ0) is 26.6. The van der Waals surface area contributed by atoms with Gasteiger partial charge in [0.1, 0.15) is 18.1 Å². The van der Waals surface area contributed by atoms with Crippen LogP contribution in [0.15, 0.2) is 36.9 Å². The molecule has 3 atom stereocenters. The molecule has 4 rings (SSSR count). The molecule has 200 valence electrons. The summed E-state index contributed by atoms with van der Waals surface area (Å²) in [5, 5.41) is 13.3. The Morgan fingerprint density at radius 1 is 1.24 bits per heavy atom. The van der Waals surface area contributed by atoms with Crippen LogP contribution >= 0.6 is 0 Å². The predicted molar refractivity (Wildman–Crippen MR) is 144 cm³/mol. The Hall–Kier alpha value is -3.08. The molecule has 4 N–H and O–H groups in total.